The number of hydrogen-bond acceptors (Lipinski definition) is 5. The van der Waals surface area contributed by atoms with Crippen LogP contribution in [0.2, 0.25) is 5.02 Å². The van der Waals surface area contributed by atoms with E-state index in [4.69, 9.17) is 11.6 Å². The molecule has 0 atom stereocenters. The van der Waals surface area contributed by atoms with Crippen molar-refractivity contribution in [3.63, 3.8) is 0 Å². The third-order valence-corrected chi connectivity index (χ3v) is 5.39. The molecule has 2 aromatic heterocycles. The molecule has 146 valence electrons. The zero-order valence-corrected chi connectivity index (χ0v) is 16.6. The second-order valence-electron chi connectivity index (χ2n) is 6.82. The number of fused-ring (bicyclic) bond motifs is 1. The summed E-state index contributed by atoms with van der Waals surface area (Å²) in [5.74, 6) is 0.847. The molecule has 4 rings (SSSR count). The second-order valence-corrected chi connectivity index (χ2v) is 7.23. The largest absolute Gasteiger partial charge is 0.367 e. The summed E-state index contributed by atoms with van der Waals surface area (Å²) in [7, 11) is 0. The summed E-state index contributed by atoms with van der Waals surface area (Å²) in [5, 5.41) is 16.4. The van der Waals surface area contributed by atoms with Gasteiger partial charge in [-0.15, -0.1) is 10.2 Å². The highest BCUT2D eigenvalue weighted by molar-refractivity contribution is 6.31. The van der Waals surface area contributed by atoms with E-state index in [2.05, 4.69) is 25.5 Å². The number of urea groups is 1. The molecule has 8 nitrogen and oxygen atoms in total. The minimum absolute atomic E-state index is 0.113. The van der Waals surface area contributed by atoms with Crippen molar-refractivity contribution in [2.24, 2.45) is 0 Å². The highest BCUT2D eigenvalue weighted by Crippen LogP contribution is 2.21. The Hall–Kier alpha value is -2.87. The molecule has 3 aromatic rings. The van der Waals surface area contributed by atoms with Crippen molar-refractivity contribution >= 4 is 34.7 Å². The van der Waals surface area contributed by atoms with Crippen LogP contribution in [0.5, 0.6) is 0 Å². The highest BCUT2D eigenvalue weighted by Gasteiger charge is 2.22. The van der Waals surface area contributed by atoms with Gasteiger partial charge in [-0.1, -0.05) is 24.6 Å². The van der Waals surface area contributed by atoms with E-state index in [1.54, 1.807) is 10.6 Å². The number of rotatable bonds is 3. The quantitative estimate of drug-likeness (QED) is 0.732. The molecule has 3 heterocycles. The predicted octanol–water partition coefficient (Wildman–Crippen LogP) is 3.00. The molecule has 0 radical (unpaired) electrons. The van der Waals surface area contributed by atoms with Gasteiger partial charge in [-0.3, -0.25) is 0 Å². The van der Waals surface area contributed by atoms with Gasteiger partial charge in [0.1, 0.15) is 0 Å². The Kier molecular flexibility index (Phi) is 5.04. The van der Waals surface area contributed by atoms with E-state index in [0.717, 1.165) is 42.2 Å². The number of halogens is 1. The molecule has 0 saturated carbocycles. The number of aryl methyl sites for hydroxylation is 2. The first-order valence-electron chi connectivity index (χ1n) is 9.32. The first-order valence-corrected chi connectivity index (χ1v) is 9.70. The topological polar surface area (TPSA) is 78.7 Å². The number of carbonyl (C=O) groups excluding carboxylic acids is 1. The van der Waals surface area contributed by atoms with Gasteiger partial charge >= 0.3 is 6.03 Å². The zero-order valence-electron chi connectivity index (χ0n) is 15.9. The lowest BCUT2D eigenvalue weighted by Crippen LogP contribution is -2.50. The molecule has 1 aliphatic heterocycles. The van der Waals surface area contributed by atoms with Crippen molar-refractivity contribution in [1.82, 2.24) is 24.7 Å². The van der Waals surface area contributed by atoms with Crippen molar-refractivity contribution in [1.29, 1.82) is 0 Å². The Morgan fingerprint density at radius 2 is 1.96 bits per heavy atom. The Morgan fingerprint density at radius 1 is 1.18 bits per heavy atom. The van der Waals surface area contributed by atoms with Crippen LogP contribution in [0.25, 0.3) is 5.65 Å². The number of benzene rings is 1. The monoisotopic (exact) mass is 399 g/mol. The molecule has 28 heavy (non-hydrogen) atoms. The third kappa shape index (κ3) is 3.60. The number of amides is 2. The molecule has 1 aliphatic rings. The maximum absolute atomic E-state index is 12.5. The number of aromatic nitrogens is 4. The van der Waals surface area contributed by atoms with Crippen LogP contribution >= 0.6 is 11.6 Å². The molecular formula is C19H22ClN7O. The van der Waals surface area contributed by atoms with Gasteiger partial charge in [0.05, 0.1) is 11.9 Å². The van der Waals surface area contributed by atoms with Crippen molar-refractivity contribution in [2.75, 3.05) is 36.4 Å². The fourth-order valence-electron chi connectivity index (χ4n) is 3.26. The summed E-state index contributed by atoms with van der Waals surface area (Å²) in [6.45, 7) is 6.68. The van der Waals surface area contributed by atoms with Crippen LogP contribution in [-0.2, 0) is 6.42 Å². The molecule has 1 aromatic carbocycles. The standard InChI is InChI=1S/C19H22ClN7O/c1-3-17-23-24-18-11-15(12-21-27(17)18)25-6-8-26(9-7-25)19(28)22-14-5-4-13(2)16(20)10-14/h4-5,10-12H,3,6-9H2,1-2H3,(H,22,28). The maximum Gasteiger partial charge on any atom is 0.321 e. The summed E-state index contributed by atoms with van der Waals surface area (Å²) < 4.78 is 1.76. The summed E-state index contributed by atoms with van der Waals surface area (Å²) in [6, 6.07) is 7.41. The predicted molar refractivity (Wildman–Crippen MR) is 109 cm³/mol. The van der Waals surface area contributed by atoms with Crippen LogP contribution in [0.1, 0.15) is 18.3 Å². The SMILES string of the molecule is CCc1nnc2cc(N3CCN(C(=O)Nc4ccc(C)c(Cl)c4)CC3)cnn12. The van der Waals surface area contributed by atoms with Crippen molar-refractivity contribution in [3.05, 3.63) is 46.9 Å². The highest BCUT2D eigenvalue weighted by atomic mass is 35.5. The van der Waals surface area contributed by atoms with E-state index in [9.17, 15) is 4.79 Å². The van der Waals surface area contributed by atoms with Crippen molar-refractivity contribution in [3.8, 4) is 0 Å². The molecule has 2 amide bonds. The first-order chi connectivity index (χ1) is 13.5. The van der Waals surface area contributed by atoms with Gasteiger partial charge in [0.15, 0.2) is 11.5 Å². The Balaban J connectivity index is 1.38. The van der Waals surface area contributed by atoms with Gasteiger partial charge in [0.25, 0.3) is 0 Å². The van der Waals surface area contributed by atoms with Crippen molar-refractivity contribution < 1.29 is 4.79 Å². The fraction of sp³-hybridized carbons (Fsp3) is 0.368. The number of nitrogens with one attached hydrogen (secondary N) is 1. The number of anilines is 2. The second kappa shape index (κ2) is 7.63. The summed E-state index contributed by atoms with van der Waals surface area (Å²) in [5.41, 5.74) is 3.42. The van der Waals surface area contributed by atoms with E-state index >= 15 is 0 Å². The molecule has 0 aliphatic carbocycles. The fourth-order valence-corrected chi connectivity index (χ4v) is 3.44. The van der Waals surface area contributed by atoms with Gasteiger partial charge in [-0.05, 0) is 24.6 Å². The van der Waals surface area contributed by atoms with Gasteiger partial charge < -0.3 is 15.1 Å². The molecule has 0 bridgehead atoms. The number of piperazine rings is 1. The Morgan fingerprint density at radius 3 is 2.68 bits per heavy atom. The van der Waals surface area contributed by atoms with Gasteiger partial charge in [-0.2, -0.15) is 9.61 Å². The Bertz CT molecular complexity index is 1010. The molecule has 1 fully saturated rings. The Labute approximate surface area is 168 Å². The number of hydrogen-bond donors (Lipinski definition) is 1. The van der Waals surface area contributed by atoms with Gasteiger partial charge in [-0.25, -0.2) is 4.79 Å². The summed E-state index contributed by atoms with van der Waals surface area (Å²) in [6.07, 6.45) is 2.62. The summed E-state index contributed by atoms with van der Waals surface area (Å²) >= 11 is 6.13. The smallest absolute Gasteiger partial charge is 0.321 e. The van der Waals surface area contributed by atoms with E-state index in [0.29, 0.717) is 23.8 Å². The maximum atomic E-state index is 12.5. The van der Waals surface area contributed by atoms with Crippen LogP contribution in [-0.4, -0.2) is 56.9 Å². The zero-order chi connectivity index (χ0) is 19.7. The van der Waals surface area contributed by atoms with Gasteiger partial charge in [0, 0.05) is 49.4 Å². The molecule has 0 spiro atoms. The molecular weight excluding hydrogens is 378 g/mol. The average Bonchev–Trinajstić information content (AvgIpc) is 3.13. The van der Waals surface area contributed by atoms with Crippen molar-refractivity contribution in [2.45, 2.75) is 20.3 Å². The van der Waals surface area contributed by atoms with Crippen LogP contribution in [0.3, 0.4) is 0 Å². The normalized spacial score (nSPS) is 14.5. The van der Waals surface area contributed by atoms with Crippen LogP contribution in [0, 0.1) is 6.92 Å². The lowest BCUT2D eigenvalue weighted by molar-refractivity contribution is 0.208. The summed E-state index contributed by atoms with van der Waals surface area (Å²) in [4.78, 5) is 16.6. The minimum Gasteiger partial charge on any atom is -0.367 e. The lowest BCUT2D eigenvalue weighted by Gasteiger charge is -2.35. The lowest BCUT2D eigenvalue weighted by atomic mass is 10.2. The van der Waals surface area contributed by atoms with E-state index < -0.39 is 0 Å². The van der Waals surface area contributed by atoms with E-state index in [-0.39, 0.29) is 6.03 Å². The molecule has 1 saturated heterocycles. The van der Waals surface area contributed by atoms with Crippen LogP contribution in [0.4, 0.5) is 16.2 Å². The number of nitrogens with zero attached hydrogens (tertiary/aromatic N) is 6. The third-order valence-electron chi connectivity index (χ3n) is 4.98. The molecule has 1 N–H and O–H groups in total. The van der Waals surface area contributed by atoms with Crippen LogP contribution < -0.4 is 10.2 Å². The van der Waals surface area contributed by atoms with E-state index in [1.807, 2.05) is 43.1 Å². The number of carbonyl (C=O) groups is 1. The van der Waals surface area contributed by atoms with Crippen LogP contribution in [0.15, 0.2) is 30.5 Å². The molecule has 9 heteroatoms. The molecule has 0 unspecified atom stereocenters. The van der Waals surface area contributed by atoms with Gasteiger partial charge in [0.2, 0.25) is 0 Å². The first kappa shape index (κ1) is 18.5. The van der Waals surface area contributed by atoms with E-state index in [1.165, 1.54) is 0 Å². The minimum atomic E-state index is -0.113. The average molecular weight is 400 g/mol.